The van der Waals surface area contributed by atoms with Crippen LogP contribution in [0.25, 0.3) is 0 Å². The zero-order valence-electron chi connectivity index (χ0n) is 14.7. The van der Waals surface area contributed by atoms with Crippen LogP contribution in [0.15, 0.2) is 37.7 Å². The highest BCUT2D eigenvalue weighted by Gasteiger charge is 2.18. The van der Waals surface area contributed by atoms with Gasteiger partial charge in [-0.3, -0.25) is 14.3 Å². The second-order valence-electron chi connectivity index (χ2n) is 6.07. The summed E-state index contributed by atoms with van der Waals surface area (Å²) in [4.78, 5) is 28.1. The summed E-state index contributed by atoms with van der Waals surface area (Å²) in [5.74, 6) is 5.73. The maximum Gasteiger partial charge on any atom is 0.330 e. The number of hydrogen-bond donors (Lipinski definition) is 1. The topological polar surface area (TPSA) is 54.9 Å². The van der Waals surface area contributed by atoms with Crippen LogP contribution >= 0.6 is 11.8 Å². The molecule has 0 unspecified atom stereocenters. The third-order valence-electron chi connectivity index (χ3n) is 3.59. The number of aromatic nitrogens is 2. The summed E-state index contributed by atoms with van der Waals surface area (Å²) in [6.45, 7) is 9.98. The van der Waals surface area contributed by atoms with E-state index < -0.39 is 5.69 Å². The fourth-order valence-corrected chi connectivity index (χ4v) is 4.00. The summed E-state index contributed by atoms with van der Waals surface area (Å²) >= 11 is 1.45. The van der Waals surface area contributed by atoms with Gasteiger partial charge >= 0.3 is 5.69 Å². The van der Waals surface area contributed by atoms with Crippen LogP contribution in [0.1, 0.15) is 43.4 Å². The number of aromatic amines is 1. The van der Waals surface area contributed by atoms with Gasteiger partial charge in [0.1, 0.15) is 0 Å². The molecule has 0 radical (unpaired) electrons. The van der Waals surface area contributed by atoms with E-state index in [4.69, 9.17) is 0 Å². The maximum atomic E-state index is 12.3. The molecule has 4 nitrogen and oxygen atoms in total. The molecule has 2 rings (SSSR count). The van der Waals surface area contributed by atoms with Crippen LogP contribution < -0.4 is 11.2 Å². The quantitative estimate of drug-likeness (QED) is 0.684. The van der Waals surface area contributed by atoms with Crippen LogP contribution in [0.5, 0.6) is 0 Å². The average Bonchev–Trinajstić information content (AvgIpc) is 2.45. The summed E-state index contributed by atoms with van der Waals surface area (Å²) in [6, 6.07) is 6.22. The SMILES string of the molecule is CC#CCn1c(Sc2cc(C)cc(C)c2)c(C(C)C)c(=O)[nH]c1=O. The van der Waals surface area contributed by atoms with Crippen molar-refractivity contribution in [3.8, 4) is 11.8 Å². The highest BCUT2D eigenvalue weighted by Crippen LogP contribution is 2.32. The van der Waals surface area contributed by atoms with E-state index in [0.717, 1.165) is 16.0 Å². The van der Waals surface area contributed by atoms with Crippen LogP contribution in [0.4, 0.5) is 0 Å². The van der Waals surface area contributed by atoms with Gasteiger partial charge < -0.3 is 0 Å². The molecule has 0 fully saturated rings. The van der Waals surface area contributed by atoms with E-state index in [2.05, 4.69) is 35.0 Å². The molecular weight excluding hydrogens is 320 g/mol. The Morgan fingerprint density at radius 2 is 1.79 bits per heavy atom. The molecule has 1 heterocycles. The smallest absolute Gasteiger partial charge is 0.276 e. The van der Waals surface area contributed by atoms with Gasteiger partial charge in [0.25, 0.3) is 5.56 Å². The van der Waals surface area contributed by atoms with Crippen LogP contribution in [0.2, 0.25) is 0 Å². The van der Waals surface area contributed by atoms with Gasteiger partial charge in [0.15, 0.2) is 0 Å². The average molecular weight is 342 g/mol. The monoisotopic (exact) mass is 342 g/mol. The lowest BCUT2D eigenvalue weighted by molar-refractivity contribution is 0.634. The minimum absolute atomic E-state index is 0.00333. The van der Waals surface area contributed by atoms with Crippen molar-refractivity contribution < 1.29 is 0 Å². The first-order valence-corrected chi connectivity index (χ1v) is 8.68. The van der Waals surface area contributed by atoms with Crippen molar-refractivity contribution in [3.05, 3.63) is 55.7 Å². The lowest BCUT2D eigenvalue weighted by Crippen LogP contribution is -2.34. The van der Waals surface area contributed by atoms with E-state index in [-0.39, 0.29) is 18.0 Å². The van der Waals surface area contributed by atoms with Gasteiger partial charge in [-0.1, -0.05) is 37.6 Å². The Bertz CT molecular complexity index is 907. The third kappa shape index (κ3) is 4.01. The number of benzene rings is 1. The number of aryl methyl sites for hydroxylation is 2. The van der Waals surface area contributed by atoms with Crippen LogP contribution in [0.3, 0.4) is 0 Å². The highest BCUT2D eigenvalue weighted by atomic mass is 32.2. The van der Waals surface area contributed by atoms with Gasteiger partial charge in [0.2, 0.25) is 0 Å². The normalized spacial score (nSPS) is 10.6. The largest absolute Gasteiger partial charge is 0.330 e. The van der Waals surface area contributed by atoms with Gasteiger partial charge in [-0.15, -0.1) is 5.92 Å². The molecule has 0 saturated carbocycles. The van der Waals surface area contributed by atoms with Gasteiger partial charge in [-0.2, -0.15) is 0 Å². The van der Waals surface area contributed by atoms with Gasteiger partial charge in [0, 0.05) is 4.90 Å². The Balaban J connectivity index is 2.69. The zero-order valence-corrected chi connectivity index (χ0v) is 15.5. The predicted octanol–water partition coefficient (Wildman–Crippen LogP) is 3.45. The molecule has 126 valence electrons. The second kappa shape index (κ2) is 7.59. The number of nitrogens with one attached hydrogen (secondary N) is 1. The molecule has 24 heavy (non-hydrogen) atoms. The summed E-state index contributed by atoms with van der Waals surface area (Å²) in [5.41, 5.74) is 2.18. The van der Waals surface area contributed by atoms with Gasteiger partial charge in [0.05, 0.1) is 17.1 Å². The first-order chi connectivity index (χ1) is 11.3. The van der Waals surface area contributed by atoms with Crippen molar-refractivity contribution in [2.24, 2.45) is 0 Å². The Morgan fingerprint density at radius 1 is 1.17 bits per heavy atom. The van der Waals surface area contributed by atoms with E-state index in [0.29, 0.717) is 10.6 Å². The lowest BCUT2D eigenvalue weighted by Gasteiger charge is -2.16. The Labute approximate surface area is 146 Å². The summed E-state index contributed by atoms with van der Waals surface area (Å²) in [7, 11) is 0. The number of rotatable bonds is 4. The Kier molecular flexibility index (Phi) is 5.74. The van der Waals surface area contributed by atoms with E-state index >= 15 is 0 Å². The van der Waals surface area contributed by atoms with Crippen LogP contribution in [-0.4, -0.2) is 9.55 Å². The molecular formula is C19H22N2O2S. The van der Waals surface area contributed by atoms with Gasteiger partial charge in [-0.05, 0) is 49.9 Å². The van der Waals surface area contributed by atoms with Crippen molar-refractivity contribution >= 4 is 11.8 Å². The number of hydrogen-bond acceptors (Lipinski definition) is 3. The van der Waals surface area contributed by atoms with E-state index in [9.17, 15) is 9.59 Å². The summed E-state index contributed by atoms with van der Waals surface area (Å²) < 4.78 is 1.55. The molecule has 0 spiro atoms. The molecule has 2 aromatic rings. The fraction of sp³-hybridized carbons (Fsp3) is 0.368. The predicted molar refractivity (Wildman–Crippen MR) is 98.9 cm³/mol. The third-order valence-corrected chi connectivity index (χ3v) is 4.69. The van der Waals surface area contributed by atoms with Crippen molar-refractivity contribution in [1.29, 1.82) is 0 Å². The van der Waals surface area contributed by atoms with Crippen molar-refractivity contribution in [3.63, 3.8) is 0 Å². The molecule has 0 saturated heterocycles. The Hall–Kier alpha value is -2.19. The van der Waals surface area contributed by atoms with E-state index in [1.165, 1.54) is 11.8 Å². The molecule has 0 atom stereocenters. The minimum atomic E-state index is -0.418. The second-order valence-corrected chi connectivity index (χ2v) is 7.13. The molecule has 0 aliphatic carbocycles. The van der Waals surface area contributed by atoms with E-state index in [1.807, 2.05) is 27.7 Å². The lowest BCUT2D eigenvalue weighted by atomic mass is 10.1. The minimum Gasteiger partial charge on any atom is -0.276 e. The van der Waals surface area contributed by atoms with Crippen LogP contribution in [-0.2, 0) is 6.54 Å². The molecule has 5 heteroatoms. The fourth-order valence-electron chi connectivity index (χ4n) is 2.59. The van der Waals surface area contributed by atoms with E-state index in [1.54, 1.807) is 11.5 Å². The summed E-state index contributed by atoms with van der Waals surface area (Å²) in [5, 5.41) is 0.673. The first-order valence-electron chi connectivity index (χ1n) is 7.86. The van der Waals surface area contributed by atoms with Gasteiger partial charge in [-0.25, -0.2) is 4.79 Å². The molecule has 1 aromatic carbocycles. The number of H-pyrrole nitrogens is 1. The first kappa shape index (κ1) is 18.2. The molecule has 0 aliphatic heterocycles. The van der Waals surface area contributed by atoms with Crippen molar-refractivity contribution in [2.75, 3.05) is 0 Å². The molecule has 0 amide bonds. The zero-order chi connectivity index (χ0) is 17.9. The highest BCUT2D eigenvalue weighted by molar-refractivity contribution is 7.99. The van der Waals surface area contributed by atoms with Crippen molar-refractivity contribution in [2.45, 2.75) is 57.0 Å². The van der Waals surface area contributed by atoms with Crippen LogP contribution in [0, 0.1) is 25.7 Å². The molecule has 0 bridgehead atoms. The molecule has 0 aliphatic rings. The Morgan fingerprint density at radius 3 is 2.33 bits per heavy atom. The molecule has 1 N–H and O–H groups in total. The summed E-state index contributed by atoms with van der Waals surface area (Å²) in [6.07, 6.45) is 0. The standard InChI is InChI=1S/C19H22N2O2S/c1-6-7-8-21-18(16(12(2)3)17(22)20-19(21)23)24-15-10-13(4)9-14(5)11-15/h9-12H,8H2,1-5H3,(H,20,22,23). The molecule has 1 aromatic heterocycles. The number of nitrogens with zero attached hydrogens (tertiary/aromatic N) is 1. The maximum absolute atomic E-state index is 12.3. The van der Waals surface area contributed by atoms with Crippen molar-refractivity contribution in [1.82, 2.24) is 9.55 Å².